The Labute approximate surface area is 107 Å². The predicted molar refractivity (Wildman–Crippen MR) is 66.9 cm³/mol. The summed E-state index contributed by atoms with van der Waals surface area (Å²) in [6, 6.07) is 0. The average Bonchev–Trinajstić information content (AvgIpc) is 2.45. The van der Waals surface area contributed by atoms with Gasteiger partial charge in [-0.1, -0.05) is 0 Å². The summed E-state index contributed by atoms with van der Waals surface area (Å²) in [7, 11) is -1.67. The van der Waals surface area contributed by atoms with Gasteiger partial charge >= 0.3 is 0 Å². The van der Waals surface area contributed by atoms with Crippen LogP contribution in [0.5, 0.6) is 0 Å². The number of likely N-dealkylation sites (N-methyl/N-ethyl adjacent to an activating group) is 1. The standard InChI is InChI=1S/C10H20N4O3S/c1-13-6-7-14(18(11,16)17)8-10(13)3-2-9(15)12-5-4-10/h2-8H2,1H3,(H,12,15)(H2,11,16,17)/t10-/m0/s1. The summed E-state index contributed by atoms with van der Waals surface area (Å²) >= 11 is 0. The summed E-state index contributed by atoms with van der Waals surface area (Å²) in [4.78, 5) is 13.6. The summed E-state index contributed by atoms with van der Waals surface area (Å²) < 4.78 is 24.3. The number of piperazine rings is 1. The van der Waals surface area contributed by atoms with Crippen LogP contribution in [0.25, 0.3) is 0 Å². The first-order chi connectivity index (χ1) is 8.33. The Hall–Kier alpha value is -0.700. The lowest BCUT2D eigenvalue weighted by Crippen LogP contribution is -2.62. The molecule has 8 heteroatoms. The van der Waals surface area contributed by atoms with E-state index in [1.54, 1.807) is 0 Å². The lowest BCUT2D eigenvalue weighted by Gasteiger charge is -2.48. The van der Waals surface area contributed by atoms with Crippen LogP contribution >= 0.6 is 0 Å². The maximum Gasteiger partial charge on any atom is 0.277 e. The average molecular weight is 276 g/mol. The molecule has 0 saturated carbocycles. The minimum absolute atomic E-state index is 0.0352. The molecule has 2 aliphatic rings. The number of amides is 1. The Kier molecular flexibility index (Phi) is 3.63. The molecule has 104 valence electrons. The highest BCUT2D eigenvalue weighted by molar-refractivity contribution is 7.86. The van der Waals surface area contributed by atoms with Crippen molar-refractivity contribution in [2.24, 2.45) is 5.14 Å². The van der Waals surface area contributed by atoms with Crippen LogP contribution in [-0.2, 0) is 15.0 Å². The number of hydrogen-bond acceptors (Lipinski definition) is 4. The molecule has 1 amide bonds. The monoisotopic (exact) mass is 276 g/mol. The second-order valence-corrected chi connectivity index (χ2v) is 6.67. The molecule has 7 nitrogen and oxygen atoms in total. The minimum Gasteiger partial charge on any atom is -0.356 e. The van der Waals surface area contributed by atoms with Gasteiger partial charge < -0.3 is 5.32 Å². The third-order valence-corrected chi connectivity index (χ3v) is 5.09. The molecule has 18 heavy (non-hydrogen) atoms. The topological polar surface area (TPSA) is 95.7 Å². The molecule has 2 fully saturated rings. The Morgan fingerprint density at radius 2 is 2.06 bits per heavy atom. The second-order valence-electron chi connectivity index (χ2n) is 5.12. The van der Waals surface area contributed by atoms with Crippen LogP contribution < -0.4 is 10.5 Å². The Bertz CT molecular complexity index is 438. The number of hydrogen-bond donors (Lipinski definition) is 2. The third kappa shape index (κ3) is 2.66. The van der Waals surface area contributed by atoms with Crippen molar-refractivity contribution in [3.63, 3.8) is 0 Å². The van der Waals surface area contributed by atoms with Crippen LogP contribution in [-0.4, -0.2) is 62.3 Å². The molecular formula is C10H20N4O3S. The van der Waals surface area contributed by atoms with E-state index in [9.17, 15) is 13.2 Å². The van der Waals surface area contributed by atoms with Crippen molar-refractivity contribution in [3.8, 4) is 0 Å². The van der Waals surface area contributed by atoms with Gasteiger partial charge in [0, 0.05) is 38.1 Å². The molecule has 0 bridgehead atoms. The molecule has 0 radical (unpaired) electrons. The van der Waals surface area contributed by atoms with E-state index in [2.05, 4.69) is 10.2 Å². The summed E-state index contributed by atoms with van der Waals surface area (Å²) in [5, 5.41) is 8.03. The maximum atomic E-state index is 11.5. The van der Waals surface area contributed by atoms with E-state index in [1.807, 2.05) is 7.05 Å². The Morgan fingerprint density at radius 1 is 1.33 bits per heavy atom. The van der Waals surface area contributed by atoms with E-state index < -0.39 is 10.2 Å². The van der Waals surface area contributed by atoms with E-state index in [0.29, 0.717) is 39.0 Å². The fourth-order valence-electron chi connectivity index (χ4n) is 2.78. The zero-order valence-corrected chi connectivity index (χ0v) is 11.4. The van der Waals surface area contributed by atoms with Gasteiger partial charge in [0.1, 0.15) is 0 Å². The molecule has 3 N–H and O–H groups in total. The fraction of sp³-hybridized carbons (Fsp3) is 0.900. The molecule has 0 unspecified atom stereocenters. The normalized spacial score (nSPS) is 32.2. The first kappa shape index (κ1) is 13.7. The van der Waals surface area contributed by atoms with Crippen molar-refractivity contribution in [3.05, 3.63) is 0 Å². The molecule has 2 heterocycles. The molecule has 1 atom stereocenters. The fourth-order valence-corrected chi connectivity index (χ4v) is 3.53. The number of nitrogens with one attached hydrogen (secondary N) is 1. The summed E-state index contributed by atoms with van der Waals surface area (Å²) in [5.41, 5.74) is -0.274. The summed E-state index contributed by atoms with van der Waals surface area (Å²) in [6.45, 7) is 2.02. The molecular weight excluding hydrogens is 256 g/mol. The van der Waals surface area contributed by atoms with E-state index in [1.165, 1.54) is 4.31 Å². The largest absolute Gasteiger partial charge is 0.356 e. The van der Waals surface area contributed by atoms with Crippen LogP contribution in [0.2, 0.25) is 0 Å². The number of nitrogens with zero attached hydrogens (tertiary/aromatic N) is 2. The third-order valence-electron chi connectivity index (χ3n) is 4.06. The zero-order valence-electron chi connectivity index (χ0n) is 10.6. The second kappa shape index (κ2) is 4.76. The van der Waals surface area contributed by atoms with Crippen molar-refractivity contribution < 1.29 is 13.2 Å². The molecule has 2 rings (SSSR count). The van der Waals surface area contributed by atoms with Gasteiger partial charge in [-0.05, 0) is 19.9 Å². The first-order valence-corrected chi connectivity index (χ1v) is 7.60. The van der Waals surface area contributed by atoms with Crippen molar-refractivity contribution in [2.45, 2.75) is 24.8 Å². The van der Waals surface area contributed by atoms with E-state index in [-0.39, 0.29) is 11.4 Å². The van der Waals surface area contributed by atoms with Crippen molar-refractivity contribution in [2.75, 3.05) is 33.2 Å². The van der Waals surface area contributed by atoms with Crippen molar-refractivity contribution >= 4 is 16.1 Å². The Morgan fingerprint density at radius 3 is 2.72 bits per heavy atom. The summed E-state index contributed by atoms with van der Waals surface area (Å²) in [5.74, 6) is 0.0352. The molecule has 0 aliphatic carbocycles. The highest BCUT2D eigenvalue weighted by Gasteiger charge is 2.43. The molecule has 2 aliphatic heterocycles. The van der Waals surface area contributed by atoms with Crippen LogP contribution in [0.1, 0.15) is 19.3 Å². The van der Waals surface area contributed by atoms with Crippen LogP contribution in [0.3, 0.4) is 0 Å². The van der Waals surface area contributed by atoms with Crippen molar-refractivity contribution in [1.29, 1.82) is 0 Å². The molecule has 0 aromatic carbocycles. The van der Waals surface area contributed by atoms with E-state index in [0.717, 1.165) is 6.42 Å². The molecule has 0 aromatic rings. The van der Waals surface area contributed by atoms with Gasteiger partial charge in [-0.3, -0.25) is 9.69 Å². The Balaban J connectivity index is 2.20. The zero-order chi connectivity index (χ0) is 13.4. The number of carbonyl (C=O) groups excluding carboxylic acids is 1. The number of carbonyl (C=O) groups is 1. The molecule has 1 spiro atoms. The van der Waals surface area contributed by atoms with Crippen LogP contribution in [0, 0.1) is 0 Å². The summed E-state index contributed by atoms with van der Waals surface area (Å²) in [6.07, 6.45) is 1.85. The van der Waals surface area contributed by atoms with Gasteiger partial charge in [-0.25, -0.2) is 5.14 Å². The highest BCUT2D eigenvalue weighted by atomic mass is 32.2. The van der Waals surface area contributed by atoms with Gasteiger partial charge in [-0.2, -0.15) is 12.7 Å². The van der Waals surface area contributed by atoms with E-state index >= 15 is 0 Å². The minimum atomic E-state index is -3.65. The van der Waals surface area contributed by atoms with Crippen LogP contribution in [0.15, 0.2) is 0 Å². The van der Waals surface area contributed by atoms with Crippen molar-refractivity contribution in [1.82, 2.24) is 14.5 Å². The SMILES string of the molecule is CN1CCN(S(N)(=O)=O)C[C@]12CCNC(=O)CC2. The predicted octanol–water partition coefficient (Wildman–Crippen LogP) is -1.52. The highest BCUT2D eigenvalue weighted by Crippen LogP contribution is 2.30. The van der Waals surface area contributed by atoms with Gasteiger partial charge in [0.25, 0.3) is 10.2 Å². The lowest BCUT2D eigenvalue weighted by atomic mass is 9.87. The van der Waals surface area contributed by atoms with Gasteiger partial charge in [0.15, 0.2) is 0 Å². The van der Waals surface area contributed by atoms with Gasteiger partial charge in [0.05, 0.1) is 0 Å². The lowest BCUT2D eigenvalue weighted by molar-refractivity contribution is -0.121. The maximum absolute atomic E-state index is 11.5. The smallest absolute Gasteiger partial charge is 0.277 e. The quantitative estimate of drug-likeness (QED) is 0.608. The van der Waals surface area contributed by atoms with E-state index in [4.69, 9.17) is 5.14 Å². The molecule has 0 aromatic heterocycles. The molecule has 2 saturated heterocycles. The number of rotatable bonds is 1. The van der Waals surface area contributed by atoms with Gasteiger partial charge in [0.2, 0.25) is 5.91 Å². The van der Waals surface area contributed by atoms with Gasteiger partial charge in [-0.15, -0.1) is 0 Å². The number of nitrogens with two attached hydrogens (primary N) is 1. The van der Waals surface area contributed by atoms with Crippen LogP contribution in [0.4, 0.5) is 0 Å². The first-order valence-electron chi connectivity index (χ1n) is 6.09.